The Morgan fingerprint density at radius 3 is 2.62 bits per heavy atom. The van der Waals surface area contributed by atoms with Crippen molar-refractivity contribution in [2.24, 2.45) is 11.8 Å². The molecule has 1 aliphatic carbocycles. The minimum atomic E-state index is -0.872. The van der Waals surface area contributed by atoms with Crippen LogP contribution in [0.2, 0.25) is 0 Å². The number of carboxylic acid groups (broad SMARTS) is 1. The first-order valence-corrected chi connectivity index (χ1v) is 5.64. The molecule has 2 atom stereocenters. The number of hydrogen-bond donors (Lipinski definition) is 2. The van der Waals surface area contributed by atoms with Gasteiger partial charge in [-0.15, -0.1) is 0 Å². The van der Waals surface area contributed by atoms with Crippen LogP contribution in [-0.4, -0.2) is 36.2 Å². The Balaban J connectivity index is 2.02. The van der Waals surface area contributed by atoms with Gasteiger partial charge in [0.15, 0.2) is 0 Å². The fraction of sp³-hybridized carbons (Fsp3) is 0.818. The van der Waals surface area contributed by atoms with Gasteiger partial charge in [0.1, 0.15) is 0 Å². The molecule has 0 saturated heterocycles. The van der Waals surface area contributed by atoms with Crippen molar-refractivity contribution in [3.8, 4) is 0 Å². The predicted octanol–water partition coefficient (Wildman–Crippen LogP) is 0.638. The van der Waals surface area contributed by atoms with E-state index in [-0.39, 0.29) is 17.9 Å². The fourth-order valence-corrected chi connectivity index (χ4v) is 1.49. The van der Waals surface area contributed by atoms with Gasteiger partial charge in [-0.2, -0.15) is 0 Å². The van der Waals surface area contributed by atoms with E-state index >= 15 is 0 Å². The van der Waals surface area contributed by atoms with Crippen molar-refractivity contribution in [2.75, 3.05) is 13.2 Å². The molecule has 0 aromatic rings. The predicted molar refractivity (Wildman–Crippen MR) is 57.9 cm³/mol. The Hall–Kier alpha value is -1.10. The minimum absolute atomic E-state index is 0.142. The Kier molecular flexibility index (Phi) is 4.73. The van der Waals surface area contributed by atoms with Gasteiger partial charge in [-0.3, -0.25) is 9.59 Å². The fourth-order valence-electron chi connectivity index (χ4n) is 1.49. The van der Waals surface area contributed by atoms with Crippen LogP contribution in [0.3, 0.4) is 0 Å². The number of carboxylic acids is 1. The van der Waals surface area contributed by atoms with E-state index in [1.165, 1.54) is 0 Å². The normalized spacial score (nSPS) is 23.2. The van der Waals surface area contributed by atoms with Crippen LogP contribution < -0.4 is 5.32 Å². The Morgan fingerprint density at radius 1 is 1.44 bits per heavy atom. The molecule has 0 bridgehead atoms. The quantitative estimate of drug-likeness (QED) is 0.628. The zero-order valence-corrected chi connectivity index (χ0v) is 9.73. The highest BCUT2D eigenvalue weighted by atomic mass is 16.5. The van der Waals surface area contributed by atoms with Crippen LogP contribution in [0.25, 0.3) is 0 Å². The van der Waals surface area contributed by atoms with Gasteiger partial charge in [0.2, 0.25) is 5.91 Å². The molecule has 0 radical (unpaired) electrons. The van der Waals surface area contributed by atoms with Gasteiger partial charge >= 0.3 is 5.97 Å². The first kappa shape index (κ1) is 13.0. The molecule has 0 unspecified atom stereocenters. The summed E-state index contributed by atoms with van der Waals surface area (Å²) in [4.78, 5) is 21.9. The first-order valence-electron chi connectivity index (χ1n) is 5.64. The summed E-state index contributed by atoms with van der Waals surface area (Å²) >= 11 is 0. The van der Waals surface area contributed by atoms with Gasteiger partial charge in [-0.25, -0.2) is 0 Å². The summed E-state index contributed by atoms with van der Waals surface area (Å²) in [5.41, 5.74) is 0. The highest BCUT2D eigenvalue weighted by Crippen LogP contribution is 2.38. The molecule has 0 aromatic heterocycles. The van der Waals surface area contributed by atoms with Crippen molar-refractivity contribution >= 4 is 11.9 Å². The average Bonchev–Trinajstić information content (AvgIpc) is 2.95. The molecule has 5 heteroatoms. The molecule has 1 rings (SSSR count). The van der Waals surface area contributed by atoms with Gasteiger partial charge in [0.25, 0.3) is 0 Å². The second-order valence-electron chi connectivity index (χ2n) is 4.35. The van der Waals surface area contributed by atoms with Crippen molar-refractivity contribution < 1.29 is 19.4 Å². The smallest absolute Gasteiger partial charge is 0.307 e. The maximum Gasteiger partial charge on any atom is 0.307 e. The minimum Gasteiger partial charge on any atom is -0.481 e. The van der Waals surface area contributed by atoms with Crippen molar-refractivity contribution in [3.63, 3.8) is 0 Å². The van der Waals surface area contributed by atoms with E-state index in [9.17, 15) is 9.59 Å². The van der Waals surface area contributed by atoms with Crippen LogP contribution in [0.4, 0.5) is 0 Å². The number of rotatable bonds is 7. The van der Waals surface area contributed by atoms with Crippen LogP contribution in [0.1, 0.15) is 26.7 Å². The summed E-state index contributed by atoms with van der Waals surface area (Å²) in [5, 5.41) is 11.4. The molecular weight excluding hydrogens is 210 g/mol. The molecule has 1 fully saturated rings. The van der Waals surface area contributed by atoms with Crippen LogP contribution in [0.5, 0.6) is 0 Å². The lowest BCUT2D eigenvalue weighted by molar-refractivity contribution is -0.140. The van der Waals surface area contributed by atoms with E-state index in [0.717, 1.165) is 6.42 Å². The van der Waals surface area contributed by atoms with Crippen molar-refractivity contribution in [2.45, 2.75) is 32.8 Å². The van der Waals surface area contributed by atoms with Crippen molar-refractivity contribution in [1.29, 1.82) is 0 Å². The third-order valence-corrected chi connectivity index (χ3v) is 2.52. The Bertz CT molecular complexity index is 265. The number of ether oxygens (including phenoxy) is 1. The maximum absolute atomic E-state index is 11.4. The standard InChI is InChI=1S/C11H19NO4/c1-7(2)16-5-3-4-12-10(13)8-6-9(8)11(14)15/h7-9H,3-6H2,1-2H3,(H,12,13)(H,14,15)/t8-,9+/m1/s1. The Morgan fingerprint density at radius 2 is 2.12 bits per heavy atom. The lowest BCUT2D eigenvalue weighted by atomic mass is 10.3. The van der Waals surface area contributed by atoms with Gasteiger partial charge in [-0.1, -0.05) is 0 Å². The summed E-state index contributed by atoms with van der Waals surface area (Å²) in [5.74, 6) is -1.80. The molecule has 92 valence electrons. The van der Waals surface area contributed by atoms with E-state index in [2.05, 4.69) is 5.32 Å². The van der Waals surface area contributed by atoms with Crippen molar-refractivity contribution in [3.05, 3.63) is 0 Å². The molecule has 0 heterocycles. The highest BCUT2D eigenvalue weighted by molar-refractivity contribution is 5.89. The molecule has 2 N–H and O–H groups in total. The second-order valence-corrected chi connectivity index (χ2v) is 4.35. The summed E-state index contributed by atoms with van der Waals surface area (Å²) < 4.78 is 5.31. The largest absolute Gasteiger partial charge is 0.481 e. The number of hydrogen-bond acceptors (Lipinski definition) is 3. The zero-order valence-electron chi connectivity index (χ0n) is 9.73. The Labute approximate surface area is 95.2 Å². The molecule has 0 aliphatic heterocycles. The number of carbonyl (C=O) groups is 2. The molecule has 0 aromatic carbocycles. The summed E-state index contributed by atoms with van der Waals surface area (Å²) in [7, 11) is 0. The number of nitrogens with one attached hydrogen (secondary N) is 1. The van der Waals surface area contributed by atoms with E-state index in [1.807, 2.05) is 13.8 Å². The average molecular weight is 229 g/mol. The topological polar surface area (TPSA) is 75.6 Å². The van der Waals surface area contributed by atoms with Gasteiger partial charge in [0.05, 0.1) is 17.9 Å². The highest BCUT2D eigenvalue weighted by Gasteiger charge is 2.48. The molecule has 1 saturated carbocycles. The number of amides is 1. The number of aliphatic carboxylic acids is 1. The summed E-state index contributed by atoms with van der Waals surface area (Å²) in [6, 6.07) is 0. The third-order valence-electron chi connectivity index (χ3n) is 2.52. The van der Waals surface area contributed by atoms with Crippen LogP contribution in [0, 0.1) is 11.8 Å². The maximum atomic E-state index is 11.4. The van der Waals surface area contributed by atoms with Crippen molar-refractivity contribution in [1.82, 2.24) is 5.32 Å². The third kappa shape index (κ3) is 4.18. The monoisotopic (exact) mass is 229 g/mol. The zero-order chi connectivity index (χ0) is 12.1. The molecule has 16 heavy (non-hydrogen) atoms. The molecular formula is C11H19NO4. The van der Waals surface area contributed by atoms with E-state index in [4.69, 9.17) is 9.84 Å². The van der Waals surface area contributed by atoms with Gasteiger partial charge < -0.3 is 15.2 Å². The van der Waals surface area contributed by atoms with Crippen LogP contribution >= 0.6 is 0 Å². The molecule has 5 nitrogen and oxygen atoms in total. The second kappa shape index (κ2) is 5.84. The lowest BCUT2D eigenvalue weighted by Crippen LogP contribution is -2.28. The lowest BCUT2D eigenvalue weighted by Gasteiger charge is -2.07. The van der Waals surface area contributed by atoms with Crippen LogP contribution in [-0.2, 0) is 14.3 Å². The number of carbonyl (C=O) groups excluding carboxylic acids is 1. The summed E-state index contributed by atoms with van der Waals surface area (Å²) in [6.45, 7) is 5.08. The molecule has 0 spiro atoms. The first-order chi connectivity index (χ1) is 7.52. The van der Waals surface area contributed by atoms with Gasteiger partial charge in [-0.05, 0) is 26.7 Å². The molecule has 1 amide bonds. The SMILES string of the molecule is CC(C)OCCCNC(=O)[C@@H]1C[C@@H]1C(=O)O. The van der Waals surface area contributed by atoms with E-state index in [0.29, 0.717) is 19.6 Å². The van der Waals surface area contributed by atoms with E-state index in [1.54, 1.807) is 0 Å². The summed E-state index contributed by atoms with van der Waals surface area (Å²) in [6.07, 6.45) is 1.44. The molecule has 1 aliphatic rings. The van der Waals surface area contributed by atoms with Crippen LogP contribution in [0.15, 0.2) is 0 Å². The van der Waals surface area contributed by atoms with Gasteiger partial charge in [0, 0.05) is 13.2 Å². The van der Waals surface area contributed by atoms with E-state index < -0.39 is 11.9 Å².